The van der Waals surface area contributed by atoms with Gasteiger partial charge in [-0.2, -0.15) is 0 Å². The number of hydrogen-bond donors (Lipinski definition) is 2. The molecule has 5 heterocycles. The van der Waals surface area contributed by atoms with Crippen LogP contribution in [0.1, 0.15) is 168 Å². The lowest BCUT2D eigenvalue weighted by Crippen LogP contribution is -2.33. The van der Waals surface area contributed by atoms with E-state index in [1.165, 1.54) is 69.9 Å². The lowest BCUT2D eigenvalue weighted by atomic mass is 9.97. The second-order valence-corrected chi connectivity index (χ2v) is 25.1. The van der Waals surface area contributed by atoms with Gasteiger partial charge in [0, 0.05) is 101 Å². The Morgan fingerprint density at radius 1 is 0.455 bits per heavy atom. The van der Waals surface area contributed by atoms with Gasteiger partial charge in [0.05, 0.1) is 13.2 Å². The topological polar surface area (TPSA) is 171 Å². The number of ether oxygens (including phenoxy) is 2. The number of carbonyl (C=O) groups excluding carboxylic acids is 2. The zero-order valence-corrected chi connectivity index (χ0v) is 52.0. The predicted octanol–water partition coefficient (Wildman–Crippen LogP) is 17.2. The van der Waals surface area contributed by atoms with Gasteiger partial charge >= 0.3 is 11.9 Å². The molecule has 0 aliphatic carbocycles. The monoisotopic (exact) mass is 1230 g/mol. The average molecular weight is 1230 g/mol. The largest absolute Gasteiger partial charge is 0.466 e. The third-order valence-electron chi connectivity index (χ3n) is 16.7. The fraction of sp³-hybridized carbons (Fsp3) is 0.432. The predicted molar refractivity (Wildman–Crippen MR) is 369 cm³/mol. The molecule has 0 spiro atoms. The Labute approximate surface area is 523 Å². The van der Waals surface area contributed by atoms with E-state index in [2.05, 4.69) is 48.6 Å². The minimum atomic E-state index is -0.235. The summed E-state index contributed by atoms with van der Waals surface area (Å²) in [5, 5.41) is 28.1. The molecule has 11 rings (SSSR count). The summed E-state index contributed by atoms with van der Waals surface area (Å²) < 4.78 is 17.9. The molecule has 88 heavy (non-hydrogen) atoms. The number of aliphatic hydroxyl groups excluding tert-OH is 2. The van der Waals surface area contributed by atoms with Crippen molar-refractivity contribution < 1.29 is 29.3 Å². The number of aliphatic hydroxyl groups is 2. The zero-order chi connectivity index (χ0) is 60.7. The van der Waals surface area contributed by atoms with E-state index in [-0.39, 0.29) is 54.8 Å². The molecule has 0 unspecified atom stereocenters. The van der Waals surface area contributed by atoms with Gasteiger partial charge in [-0.3, -0.25) is 37.9 Å². The number of aromatic nitrogens is 2. The van der Waals surface area contributed by atoms with Crippen LogP contribution in [0.15, 0.2) is 141 Å². The Morgan fingerprint density at radius 2 is 0.898 bits per heavy atom. The van der Waals surface area contributed by atoms with Crippen LogP contribution in [0.3, 0.4) is 0 Å². The summed E-state index contributed by atoms with van der Waals surface area (Å²) in [5.41, 5.74) is -0.897. The second-order valence-electron chi connectivity index (χ2n) is 23.0. The minimum absolute atomic E-state index is 0. The number of cyclic esters (lactones) is 1. The first-order chi connectivity index (χ1) is 42.7. The van der Waals surface area contributed by atoms with Crippen LogP contribution in [0.2, 0.25) is 0 Å². The third kappa shape index (κ3) is 17.0. The molecule has 0 atom stereocenters. The number of unbranched alkanes of at least 4 members (excludes halogenated alkanes) is 8. The Morgan fingerprint density at radius 3 is 1.43 bits per heavy atom. The molecule has 466 valence electrons. The van der Waals surface area contributed by atoms with Crippen LogP contribution in [0.25, 0.3) is 83.4 Å². The molecule has 10 aromatic rings. The fourth-order valence-electron chi connectivity index (χ4n) is 12.0. The number of carbonyl (C=O) groups is 2. The van der Waals surface area contributed by atoms with E-state index in [1.54, 1.807) is 22.7 Å². The highest BCUT2D eigenvalue weighted by Crippen LogP contribution is 2.41. The van der Waals surface area contributed by atoms with Crippen LogP contribution in [0.4, 0.5) is 0 Å². The third-order valence-corrected chi connectivity index (χ3v) is 18.9. The highest BCUT2D eigenvalue weighted by atomic mass is 32.1. The first-order valence-corrected chi connectivity index (χ1v) is 33.6. The van der Waals surface area contributed by atoms with Gasteiger partial charge in [0.15, 0.2) is 0 Å². The van der Waals surface area contributed by atoms with Crippen molar-refractivity contribution in [2.45, 2.75) is 181 Å². The van der Waals surface area contributed by atoms with Crippen molar-refractivity contribution in [2.24, 2.45) is 0 Å². The molecule has 2 N–H and O–H groups in total. The molecule has 0 amide bonds. The van der Waals surface area contributed by atoms with Gasteiger partial charge in [0.1, 0.15) is 0 Å². The number of allylic oxidation sites excluding steroid dienone is 4. The zero-order valence-electron chi connectivity index (χ0n) is 50.3. The van der Waals surface area contributed by atoms with Gasteiger partial charge in [0.2, 0.25) is 0 Å². The quantitative estimate of drug-likeness (QED) is 0.0246. The number of hydrogen-bond acceptors (Lipinski definition) is 12. The van der Waals surface area contributed by atoms with Crippen LogP contribution < -0.4 is 22.2 Å². The van der Waals surface area contributed by atoms with Crippen LogP contribution in [0.5, 0.6) is 0 Å². The fourth-order valence-corrected chi connectivity index (χ4v) is 14.2. The van der Waals surface area contributed by atoms with Crippen molar-refractivity contribution in [3.63, 3.8) is 0 Å². The smallest absolute Gasteiger partial charge is 0.305 e. The molecule has 14 heteroatoms. The average Bonchev–Trinajstić information content (AvgIpc) is 0.805. The van der Waals surface area contributed by atoms with E-state index in [1.807, 2.05) is 72.8 Å². The lowest BCUT2D eigenvalue weighted by molar-refractivity contribution is -0.144. The molecule has 6 aromatic carbocycles. The molecular formula is C74H88N2O10S2. The van der Waals surface area contributed by atoms with E-state index >= 15 is 0 Å². The van der Waals surface area contributed by atoms with Crippen molar-refractivity contribution in [1.29, 1.82) is 0 Å². The number of esters is 2. The van der Waals surface area contributed by atoms with Gasteiger partial charge < -0.3 is 19.7 Å². The van der Waals surface area contributed by atoms with Gasteiger partial charge in [-0.05, 0) is 186 Å². The molecule has 0 saturated carbocycles. The molecule has 12 nitrogen and oxygen atoms in total. The summed E-state index contributed by atoms with van der Waals surface area (Å²) in [6, 6.07) is 32.0. The summed E-state index contributed by atoms with van der Waals surface area (Å²) in [6.07, 6.45) is 33.0. The molecule has 1 aliphatic rings. The van der Waals surface area contributed by atoms with Gasteiger partial charge in [-0.1, -0.05) is 112 Å². The molecular weight excluding hydrogens is 1140 g/mol. The van der Waals surface area contributed by atoms with E-state index < -0.39 is 0 Å². The first kappa shape index (κ1) is 66.8. The molecule has 0 fully saturated rings. The van der Waals surface area contributed by atoms with E-state index in [4.69, 9.17) is 19.7 Å². The highest BCUT2D eigenvalue weighted by molar-refractivity contribution is 7.25. The number of fused-ring (bicyclic) bond motifs is 4. The second kappa shape index (κ2) is 34.6. The molecule has 1 aliphatic heterocycles. The van der Waals surface area contributed by atoms with Gasteiger partial charge in [-0.15, -0.1) is 22.7 Å². The molecule has 4 aromatic heterocycles. The maximum Gasteiger partial charge on any atom is 0.305 e. The summed E-state index contributed by atoms with van der Waals surface area (Å²) in [7, 11) is 0. The Kier molecular flexibility index (Phi) is 26.3. The van der Waals surface area contributed by atoms with E-state index in [0.717, 1.165) is 123 Å². The maximum atomic E-state index is 13.4. The Hall–Kier alpha value is -7.10. The van der Waals surface area contributed by atoms with Crippen LogP contribution in [-0.4, -0.2) is 57.7 Å². The summed E-state index contributed by atoms with van der Waals surface area (Å²) >= 11 is 3.37. The first-order valence-electron chi connectivity index (χ1n) is 32.0. The Balaban J connectivity index is 0.000000185. The van der Waals surface area contributed by atoms with Crippen LogP contribution in [0, 0.1) is 0 Å². The summed E-state index contributed by atoms with van der Waals surface area (Å²) in [4.78, 5) is 76.5. The summed E-state index contributed by atoms with van der Waals surface area (Å²) in [6.45, 7) is 2.10. The van der Waals surface area contributed by atoms with E-state index in [9.17, 15) is 28.8 Å². The van der Waals surface area contributed by atoms with Crippen molar-refractivity contribution in [3.05, 3.63) is 163 Å². The molecule has 0 bridgehead atoms. The Bertz CT molecular complexity index is 4130. The molecule has 0 radical (unpaired) electrons. The van der Waals surface area contributed by atoms with Crippen molar-refractivity contribution in [1.82, 2.24) is 9.13 Å². The van der Waals surface area contributed by atoms with Crippen LogP contribution >= 0.6 is 22.7 Å². The van der Waals surface area contributed by atoms with E-state index in [0.29, 0.717) is 86.4 Å². The lowest BCUT2D eigenvalue weighted by Gasteiger charge is -2.14. The number of rotatable bonds is 20. The highest BCUT2D eigenvalue weighted by Gasteiger charge is 2.20. The van der Waals surface area contributed by atoms with Gasteiger partial charge in [-0.25, -0.2) is 0 Å². The number of benzene rings is 6. The summed E-state index contributed by atoms with van der Waals surface area (Å²) in [5.74, 6) is -0.171. The SMILES string of the molecule is C.O=C(CCCC/C=C/CCCCO)OCCCCCn1c(=O)c2ccc3sc4ccccc4c4ccc(c1=O)c2c34.O=C1CCCCCC/C=C/CCCCCCCO1.O=c1c2ccc3sc4ccccc4c4ccc(c(=O)n1CCCCCO)c2c34. The van der Waals surface area contributed by atoms with Crippen molar-refractivity contribution in [2.75, 3.05) is 26.4 Å². The standard InChI is InChI=1S/C34H37NO5S.C23H19NO3S.C16H28O2.CH4/c36-22-12-6-4-2-1-3-5-8-16-30(37)40-23-13-7-11-21-35-33(38)26-18-17-25-24-14-9-10-15-28(24)41-29-20-19-27(34(35)39)31(26)32(25)29;25-13-5-1-4-12-24-22(26)16-9-8-15-14-6-2-3-7-18(14)28-19-11-10-17(23(24)27)20(16)21(15)19;17-16-14-12-10-8-6-4-2-1-3-5-7-9-11-13-15-18-16;/h1-2,9-10,14-15,17-20,36H,3-8,11-13,16,21-23H2;2-3,6-11,25H,1,4-5,12-13H2;1-2H,3-15H2;1H4/b2-1+;;2-1+;. The van der Waals surface area contributed by atoms with Gasteiger partial charge in [0.25, 0.3) is 22.2 Å². The number of nitrogens with zero attached hydrogens (tertiary/aromatic N) is 2. The van der Waals surface area contributed by atoms with Crippen LogP contribution in [-0.2, 0) is 32.2 Å². The molecule has 0 saturated heterocycles. The normalized spacial score (nSPS) is 14.3. The number of pyridine rings is 2. The van der Waals surface area contributed by atoms with Crippen molar-refractivity contribution >= 4 is 118 Å². The van der Waals surface area contributed by atoms with Crippen molar-refractivity contribution in [3.8, 4) is 0 Å². The maximum absolute atomic E-state index is 13.4. The minimum Gasteiger partial charge on any atom is -0.466 e.